The molecule has 132 valence electrons. The molecular formula is C18H26BrN3O2. The van der Waals surface area contributed by atoms with Crippen molar-refractivity contribution in [3.63, 3.8) is 0 Å². The fraction of sp³-hybridized carbons (Fsp3) is 0.611. The van der Waals surface area contributed by atoms with E-state index in [9.17, 15) is 4.79 Å². The summed E-state index contributed by atoms with van der Waals surface area (Å²) in [4.78, 5) is 17.0. The summed E-state index contributed by atoms with van der Waals surface area (Å²) >= 11 is 3.48. The Bertz CT molecular complexity index is 558. The van der Waals surface area contributed by atoms with Gasteiger partial charge in [-0.1, -0.05) is 28.1 Å². The highest BCUT2D eigenvalue weighted by Gasteiger charge is 2.34. The maximum absolute atomic E-state index is 12.6. The van der Waals surface area contributed by atoms with Crippen molar-refractivity contribution >= 4 is 21.8 Å². The molecule has 2 fully saturated rings. The van der Waals surface area contributed by atoms with Crippen molar-refractivity contribution < 1.29 is 9.53 Å². The van der Waals surface area contributed by atoms with Crippen LogP contribution in [0.2, 0.25) is 0 Å². The van der Waals surface area contributed by atoms with E-state index in [1.807, 2.05) is 4.90 Å². The summed E-state index contributed by atoms with van der Waals surface area (Å²) in [5.41, 5.74) is 6.94. The van der Waals surface area contributed by atoms with E-state index in [4.69, 9.17) is 10.5 Å². The standard InChI is InChI=1S/C18H26BrN3O2/c1-13(14-2-4-15(19)5-3-14)21-8-10-22(11-9-21)18(23)17-7-6-16(12-20)24-17/h2-5,13,16-17H,6-12,20H2,1H3/t13?,16-,17+/m1/s1. The molecule has 0 spiro atoms. The number of carbonyl (C=O) groups excluding carboxylic acids is 1. The average molecular weight is 396 g/mol. The van der Waals surface area contributed by atoms with Crippen molar-refractivity contribution in [1.29, 1.82) is 0 Å². The van der Waals surface area contributed by atoms with Crippen LogP contribution in [0.15, 0.2) is 28.7 Å². The molecule has 0 saturated carbocycles. The second-order valence-corrected chi connectivity index (χ2v) is 7.56. The predicted octanol–water partition coefficient (Wildman–Crippen LogP) is 2.16. The first-order valence-electron chi connectivity index (χ1n) is 8.72. The molecule has 1 aromatic carbocycles. The van der Waals surface area contributed by atoms with Gasteiger partial charge in [0.15, 0.2) is 0 Å². The van der Waals surface area contributed by atoms with Crippen LogP contribution in [0.5, 0.6) is 0 Å². The van der Waals surface area contributed by atoms with Crippen molar-refractivity contribution in [2.45, 2.75) is 38.0 Å². The van der Waals surface area contributed by atoms with E-state index in [-0.39, 0.29) is 18.1 Å². The molecule has 2 heterocycles. The van der Waals surface area contributed by atoms with E-state index in [2.05, 4.69) is 52.0 Å². The molecule has 2 aliphatic rings. The number of nitrogens with zero attached hydrogens (tertiary/aromatic N) is 2. The Hall–Kier alpha value is -0.950. The van der Waals surface area contributed by atoms with E-state index >= 15 is 0 Å². The fourth-order valence-electron chi connectivity index (χ4n) is 3.55. The molecule has 0 radical (unpaired) electrons. The Kier molecular flexibility index (Phi) is 5.92. The van der Waals surface area contributed by atoms with Crippen LogP contribution in [-0.4, -0.2) is 60.6 Å². The Labute approximate surface area is 152 Å². The lowest BCUT2D eigenvalue weighted by Gasteiger charge is -2.39. The van der Waals surface area contributed by atoms with Gasteiger partial charge < -0.3 is 15.4 Å². The Morgan fingerprint density at radius 3 is 2.50 bits per heavy atom. The summed E-state index contributed by atoms with van der Waals surface area (Å²) in [5.74, 6) is 0.141. The summed E-state index contributed by atoms with van der Waals surface area (Å²) in [6.45, 7) is 6.07. The average Bonchev–Trinajstić information content (AvgIpc) is 3.10. The van der Waals surface area contributed by atoms with E-state index in [0.717, 1.165) is 43.5 Å². The third kappa shape index (κ3) is 3.99. The van der Waals surface area contributed by atoms with Crippen molar-refractivity contribution in [3.8, 4) is 0 Å². The number of nitrogens with two attached hydrogens (primary N) is 1. The molecule has 0 bridgehead atoms. The predicted molar refractivity (Wildman–Crippen MR) is 97.7 cm³/mol. The number of amides is 1. The lowest BCUT2D eigenvalue weighted by Crippen LogP contribution is -2.51. The first-order valence-corrected chi connectivity index (χ1v) is 9.51. The topological polar surface area (TPSA) is 58.8 Å². The van der Waals surface area contributed by atoms with Crippen molar-refractivity contribution in [3.05, 3.63) is 34.3 Å². The van der Waals surface area contributed by atoms with Gasteiger partial charge in [-0.05, 0) is 37.5 Å². The SMILES string of the molecule is CC(c1ccc(Br)cc1)N1CCN(C(=O)[C@@H]2CC[C@H](CN)O2)CC1. The highest BCUT2D eigenvalue weighted by atomic mass is 79.9. The van der Waals surface area contributed by atoms with Crippen molar-refractivity contribution in [2.24, 2.45) is 5.73 Å². The van der Waals surface area contributed by atoms with Crippen LogP contribution in [0.1, 0.15) is 31.4 Å². The van der Waals surface area contributed by atoms with Crippen LogP contribution in [0, 0.1) is 0 Å². The Morgan fingerprint density at radius 1 is 1.25 bits per heavy atom. The Morgan fingerprint density at radius 2 is 1.92 bits per heavy atom. The normalized spacial score (nSPS) is 26.5. The van der Waals surface area contributed by atoms with Gasteiger partial charge in [-0.25, -0.2) is 0 Å². The highest BCUT2D eigenvalue weighted by Crippen LogP contribution is 2.25. The molecular weight excluding hydrogens is 370 g/mol. The number of benzene rings is 1. The Balaban J connectivity index is 1.52. The van der Waals surface area contributed by atoms with E-state index in [0.29, 0.717) is 12.6 Å². The summed E-state index contributed by atoms with van der Waals surface area (Å²) in [7, 11) is 0. The molecule has 3 rings (SSSR count). The molecule has 2 N–H and O–H groups in total. The number of rotatable bonds is 4. The van der Waals surface area contributed by atoms with Crippen LogP contribution in [0.4, 0.5) is 0 Å². The van der Waals surface area contributed by atoms with Crippen LogP contribution in [0.25, 0.3) is 0 Å². The smallest absolute Gasteiger partial charge is 0.251 e. The molecule has 2 saturated heterocycles. The van der Waals surface area contributed by atoms with Gasteiger partial charge in [0.1, 0.15) is 6.10 Å². The monoisotopic (exact) mass is 395 g/mol. The molecule has 5 nitrogen and oxygen atoms in total. The van der Waals surface area contributed by atoms with Gasteiger partial charge in [0.25, 0.3) is 5.91 Å². The number of carbonyl (C=O) groups is 1. The molecule has 1 unspecified atom stereocenters. The van der Waals surface area contributed by atoms with Crippen LogP contribution >= 0.6 is 15.9 Å². The minimum Gasteiger partial charge on any atom is -0.364 e. The van der Waals surface area contributed by atoms with E-state index in [1.54, 1.807) is 0 Å². The van der Waals surface area contributed by atoms with E-state index in [1.165, 1.54) is 5.56 Å². The van der Waals surface area contributed by atoms with Crippen LogP contribution < -0.4 is 5.73 Å². The molecule has 1 aromatic rings. The summed E-state index contributed by atoms with van der Waals surface area (Å²) in [6.07, 6.45) is 1.47. The van der Waals surface area contributed by atoms with Crippen molar-refractivity contribution in [1.82, 2.24) is 9.80 Å². The van der Waals surface area contributed by atoms with Gasteiger partial charge in [-0.3, -0.25) is 9.69 Å². The van der Waals surface area contributed by atoms with E-state index < -0.39 is 0 Å². The summed E-state index contributed by atoms with van der Waals surface area (Å²) < 4.78 is 6.84. The largest absolute Gasteiger partial charge is 0.364 e. The van der Waals surface area contributed by atoms with Gasteiger partial charge in [0.05, 0.1) is 6.10 Å². The summed E-state index contributed by atoms with van der Waals surface area (Å²) in [6, 6.07) is 8.84. The molecule has 0 aromatic heterocycles. The van der Waals surface area contributed by atoms with Gasteiger partial charge in [0.2, 0.25) is 0 Å². The lowest BCUT2D eigenvalue weighted by molar-refractivity contribution is -0.144. The van der Waals surface area contributed by atoms with Crippen LogP contribution in [-0.2, 0) is 9.53 Å². The number of halogens is 1. The maximum Gasteiger partial charge on any atom is 0.251 e. The molecule has 1 amide bonds. The number of piperazine rings is 1. The first-order chi connectivity index (χ1) is 11.6. The number of ether oxygens (including phenoxy) is 1. The lowest BCUT2D eigenvalue weighted by atomic mass is 10.1. The molecule has 0 aliphatic carbocycles. The number of hydrogen-bond donors (Lipinski definition) is 1. The van der Waals surface area contributed by atoms with Crippen molar-refractivity contribution in [2.75, 3.05) is 32.7 Å². The van der Waals surface area contributed by atoms with Crippen LogP contribution in [0.3, 0.4) is 0 Å². The third-order valence-electron chi connectivity index (χ3n) is 5.17. The number of hydrogen-bond acceptors (Lipinski definition) is 4. The fourth-order valence-corrected chi connectivity index (χ4v) is 3.81. The van der Waals surface area contributed by atoms with Gasteiger partial charge in [-0.2, -0.15) is 0 Å². The second kappa shape index (κ2) is 7.95. The molecule has 24 heavy (non-hydrogen) atoms. The summed E-state index contributed by atoms with van der Waals surface area (Å²) in [5, 5.41) is 0. The molecule has 6 heteroatoms. The highest BCUT2D eigenvalue weighted by molar-refractivity contribution is 9.10. The minimum absolute atomic E-state index is 0.0534. The van der Waals surface area contributed by atoms with Gasteiger partial charge in [0, 0.05) is 43.2 Å². The quantitative estimate of drug-likeness (QED) is 0.848. The zero-order valence-corrected chi connectivity index (χ0v) is 15.7. The first kappa shape index (κ1) is 17.9. The van der Waals surface area contributed by atoms with Gasteiger partial charge >= 0.3 is 0 Å². The molecule has 3 atom stereocenters. The second-order valence-electron chi connectivity index (χ2n) is 6.65. The zero-order valence-electron chi connectivity index (χ0n) is 14.2. The maximum atomic E-state index is 12.6. The minimum atomic E-state index is -0.283. The van der Waals surface area contributed by atoms with Gasteiger partial charge in [-0.15, -0.1) is 0 Å². The molecule has 2 aliphatic heterocycles. The third-order valence-corrected chi connectivity index (χ3v) is 5.70. The zero-order chi connectivity index (χ0) is 17.1.